The molecule has 1 aliphatic rings. The van der Waals surface area contributed by atoms with Gasteiger partial charge in [0.05, 0.1) is 5.69 Å². The first kappa shape index (κ1) is 13.9. The molecule has 110 valence electrons. The molecule has 0 spiro atoms. The molecule has 4 heteroatoms. The van der Waals surface area contributed by atoms with Crippen molar-refractivity contribution >= 4 is 5.91 Å². The summed E-state index contributed by atoms with van der Waals surface area (Å²) in [6.07, 6.45) is 4.21. The van der Waals surface area contributed by atoms with Gasteiger partial charge in [-0.15, -0.1) is 0 Å². The Balaban J connectivity index is 1.85. The van der Waals surface area contributed by atoms with Crippen LogP contribution in [0.4, 0.5) is 0 Å². The number of aromatic nitrogens is 2. The van der Waals surface area contributed by atoms with Crippen molar-refractivity contribution in [3.63, 3.8) is 0 Å². The van der Waals surface area contributed by atoms with Gasteiger partial charge in [-0.2, -0.15) is 5.10 Å². The van der Waals surface area contributed by atoms with Crippen LogP contribution < -0.4 is 0 Å². The van der Waals surface area contributed by atoms with E-state index in [2.05, 4.69) is 5.10 Å². The molecule has 1 saturated heterocycles. The third-order valence-corrected chi connectivity index (χ3v) is 4.13. The normalized spacial score (nSPS) is 16.2. The predicted octanol–water partition coefficient (Wildman–Crippen LogP) is 3.04. The van der Waals surface area contributed by atoms with Crippen LogP contribution in [0.3, 0.4) is 0 Å². The molecule has 3 rings (SSSR count). The molecule has 21 heavy (non-hydrogen) atoms. The van der Waals surface area contributed by atoms with Gasteiger partial charge in [-0.3, -0.25) is 9.48 Å². The molecule has 1 aromatic carbocycles. The Labute approximate surface area is 125 Å². The lowest BCUT2D eigenvalue weighted by Crippen LogP contribution is -2.34. The summed E-state index contributed by atoms with van der Waals surface area (Å²) in [5, 5.41) is 4.64. The number of hydrogen-bond acceptors (Lipinski definition) is 2. The van der Waals surface area contributed by atoms with Gasteiger partial charge >= 0.3 is 0 Å². The number of benzene rings is 1. The van der Waals surface area contributed by atoms with Crippen molar-refractivity contribution in [1.82, 2.24) is 14.7 Å². The standard InChI is InChI=1S/C17H21N3O/c1-13-12-20(14(2)17(21)19-10-6-7-11-19)18-16(13)15-8-4-3-5-9-15/h3-5,8-9,12,14H,6-7,10-11H2,1-2H3. The number of hydrogen-bond donors (Lipinski definition) is 0. The van der Waals surface area contributed by atoms with E-state index in [1.54, 1.807) is 4.68 Å². The lowest BCUT2D eigenvalue weighted by molar-refractivity contribution is -0.133. The highest BCUT2D eigenvalue weighted by Crippen LogP contribution is 2.23. The van der Waals surface area contributed by atoms with E-state index in [9.17, 15) is 4.79 Å². The van der Waals surface area contributed by atoms with Crippen molar-refractivity contribution in [3.8, 4) is 11.3 Å². The number of nitrogens with zero attached hydrogens (tertiary/aromatic N) is 3. The fraction of sp³-hybridized carbons (Fsp3) is 0.412. The molecule has 1 fully saturated rings. The number of aryl methyl sites for hydroxylation is 1. The lowest BCUT2D eigenvalue weighted by Gasteiger charge is -2.20. The SMILES string of the molecule is Cc1cn(C(C)C(=O)N2CCCC2)nc1-c1ccccc1. The molecule has 0 bridgehead atoms. The van der Waals surface area contributed by atoms with Crippen LogP contribution >= 0.6 is 0 Å². The maximum absolute atomic E-state index is 12.5. The van der Waals surface area contributed by atoms with Crippen molar-refractivity contribution in [2.45, 2.75) is 32.7 Å². The maximum Gasteiger partial charge on any atom is 0.247 e. The van der Waals surface area contributed by atoms with Crippen LogP contribution in [0.1, 0.15) is 31.4 Å². The predicted molar refractivity (Wildman–Crippen MR) is 82.9 cm³/mol. The molecule has 0 saturated carbocycles. The summed E-state index contributed by atoms with van der Waals surface area (Å²) in [7, 11) is 0. The van der Waals surface area contributed by atoms with Crippen LogP contribution in [0.25, 0.3) is 11.3 Å². The highest BCUT2D eigenvalue weighted by atomic mass is 16.2. The third-order valence-electron chi connectivity index (χ3n) is 4.13. The van der Waals surface area contributed by atoms with Crippen molar-refractivity contribution in [2.75, 3.05) is 13.1 Å². The maximum atomic E-state index is 12.5. The van der Waals surface area contributed by atoms with Crippen molar-refractivity contribution in [1.29, 1.82) is 0 Å². The lowest BCUT2D eigenvalue weighted by atomic mass is 10.1. The number of carbonyl (C=O) groups is 1. The van der Waals surface area contributed by atoms with Gasteiger partial charge in [0, 0.05) is 24.8 Å². The Morgan fingerprint density at radius 3 is 2.52 bits per heavy atom. The van der Waals surface area contributed by atoms with Gasteiger partial charge in [0.25, 0.3) is 0 Å². The van der Waals surface area contributed by atoms with E-state index in [-0.39, 0.29) is 11.9 Å². The van der Waals surface area contributed by atoms with Gasteiger partial charge in [-0.25, -0.2) is 0 Å². The zero-order valence-corrected chi connectivity index (χ0v) is 12.6. The van der Waals surface area contributed by atoms with Crippen molar-refractivity contribution in [2.24, 2.45) is 0 Å². The van der Waals surface area contributed by atoms with Crippen molar-refractivity contribution < 1.29 is 4.79 Å². The minimum absolute atomic E-state index is 0.176. The van der Waals surface area contributed by atoms with Crippen LogP contribution in [-0.4, -0.2) is 33.7 Å². The van der Waals surface area contributed by atoms with Gasteiger partial charge in [0.2, 0.25) is 5.91 Å². The van der Waals surface area contributed by atoms with Gasteiger partial charge in [0.15, 0.2) is 0 Å². The van der Waals surface area contributed by atoms with E-state index in [1.165, 1.54) is 0 Å². The molecule has 1 amide bonds. The molecular formula is C17H21N3O. The number of likely N-dealkylation sites (tertiary alicyclic amines) is 1. The fourth-order valence-corrected chi connectivity index (χ4v) is 2.88. The molecule has 0 radical (unpaired) electrons. The number of rotatable bonds is 3. The van der Waals surface area contributed by atoms with Gasteiger partial charge in [0.1, 0.15) is 6.04 Å². The summed E-state index contributed by atoms with van der Waals surface area (Å²) in [4.78, 5) is 14.4. The topological polar surface area (TPSA) is 38.1 Å². The first-order valence-electron chi connectivity index (χ1n) is 7.57. The van der Waals surface area contributed by atoms with E-state index in [0.29, 0.717) is 0 Å². The van der Waals surface area contributed by atoms with E-state index in [4.69, 9.17) is 0 Å². The molecule has 1 unspecified atom stereocenters. The minimum atomic E-state index is -0.237. The quantitative estimate of drug-likeness (QED) is 0.868. The summed E-state index contributed by atoms with van der Waals surface area (Å²) >= 11 is 0. The molecule has 2 heterocycles. The average Bonchev–Trinajstić information content (AvgIpc) is 3.16. The molecule has 4 nitrogen and oxygen atoms in total. The van der Waals surface area contributed by atoms with E-state index < -0.39 is 0 Å². The average molecular weight is 283 g/mol. The van der Waals surface area contributed by atoms with Crippen LogP contribution in [0.5, 0.6) is 0 Å². The molecular weight excluding hydrogens is 262 g/mol. The first-order valence-corrected chi connectivity index (χ1v) is 7.57. The smallest absolute Gasteiger partial charge is 0.247 e. The monoisotopic (exact) mass is 283 g/mol. The molecule has 1 aliphatic heterocycles. The fourth-order valence-electron chi connectivity index (χ4n) is 2.88. The molecule has 1 atom stereocenters. The Bertz CT molecular complexity index is 627. The number of carbonyl (C=O) groups excluding carboxylic acids is 1. The Morgan fingerprint density at radius 2 is 1.86 bits per heavy atom. The molecule has 1 aromatic heterocycles. The second-order valence-corrected chi connectivity index (χ2v) is 5.72. The zero-order chi connectivity index (χ0) is 14.8. The second-order valence-electron chi connectivity index (χ2n) is 5.72. The molecule has 2 aromatic rings. The molecule has 0 N–H and O–H groups in total. The highest BCUT2D eigenvalue weighted by Gasteiger charge is 2.25. The Hall–Kier alpha value is -2.10. The molecule has 0 aliphatic carbocycles. The Morgan fingerprint density at radius 1 is 1.19 bits per heavy atom. The van der Waals surface area contributed by atoms with Gasteiger partial charge in [-0.05, 0) is 32.3 Å². The summed E-state index contributed by atoms with van der Waals surface area (Å²) in [5.74, 6) is 0.176. The van der Waals surface area contributed by atoms with Crippen LogP contribution in [0, 0.1) is 6.92 Å². The van der Waals surface area contributed by atoms with Gasteiger partial charge in [-0.1, -0.05) is 30.3 Å². The summed E-state index contributed by atoms with van der Waals surface area (Å²) in [6, 6.07) is 9.87. The van der Waals surface area contributed by atoms with E-state index in [0.717, 1.165) is 42.8 Å². The largest absolute Gasteiger partial charge is 0.341 e. The van der Waals surface area contributed by atoms with Crippen LogP contribution in [0.2, 0.25) is 0 Å². The van der Waals surface area contributed by atoms with E-state index in [1.807, 2.05) is 55.3 Å². The summed E-state index contributed by atoms with van der Waals surface area (Å²) in [6.45, 7) is 5.74. The zero-order valence-electron chi connectivity index (χ0n) is 12.6. The minimum Gasteiger partial charge on any atom is -0.341 e. The van der Waals surface area contributed by atoms with E-state index >= 15 is 0 Å². The number of amides is 1. The summed E-state index contributed by atoms with van der Waals surface area (Å²) in [5.41, 5.74) is 3.15. The third kappa shape index (κ3) is 2.71. The highest BCUT2D eigenvalue weighted by molar-refractivity contribution is 5.80. The first-order chi connectivity index (χ1) is 10.2. The van der Waals surface area contributed by atoms with Gasteiger partial charge < -0.3 is 4.90 Å². The van der Waals surface area contributed by atoms with Crippen molar-refractivity contribution in [3.05, 3.63) is 42.1 Å². The second kappa shape index (κ2) is 5.72. The van der Waals surface area contributed by atoms with Crippen LogP contribution in [0.15, 0.2) is 36.5 Å². The Kier molecular flexibility index (Phi) is 3.78. The van der Waals surface area contributed by atoms with Crippen LogP contribution in [-0.2, 0) is 4.79 Å². The summed E-state index contributed by atoms with van der Waals surface area (Å²) < 4.78 is 1.80.